The van der Waals surface area contributed by atoms with Crippen LogP contribution in [0.15, 0.2) is 30.3 Å². The highest BCUT2D eigenvalue weighted by Gasteiger charge is 2.35. The Bertz CT molecular complexity index is 487. The molecule has 2 N–H and O–H groups in total. The van der Waals surface area contributed by atoms with Gasteiger partial charge in [-0.05, 0) is 32.5 Å². The third kappa shape index (κ3) is 2.99. The topological polar surface area (TPSA) is 61.4 Å². The summed E-state index contributed by atoms with van der Waals surface area (Å²) in [6, 6.07) is 9.75. The molecular formula is C15H21N3O2. The molecule has 1 aromatic rings. The zero-order chi connectivity index (χ0) is 14.6. The van der Waals surface area contributed by atoms with Gasteiger partial charge in [0.05, 0.1) is 0 Å². The third-order valence-corrected chi connectivity index (χ3v) is 4.01. The number of urea groups is 1. The largest absolute Gasteiger partial charge is 0.338 e. The Morgan fingerprint density at radius 2 is 1.80 bits per heavy atom. The summed E-state index contributed by atoms with van der Waals surface area (Å²) in [4.78, 5) is 25.4. The van der Waals surface area contributed by atoms with E-state index in [4.69, 9.17) is 0 Å². The van der Waals surface area contributed by atoms with Crippen LogP contribution in [-0.2, 0) is 10.3 Å². The highest BCUT2D eigenvalue weighted by atomic mass is 16.2. The van der Waals surface area contributed by atoms with Crippen LogP contribution in [0.5, 0.6) is 0 Å². The standard InChI is InChI=1S/C15H21N3O2/c1-18(2)15(12-6-4-3-5-7-12)9-8-13(19)17-14(20)16-11-10-15/h3-7H,8-11H2,1-2H3,(H2,16,17,19,20)/t15-/m0/s1. The van der Waals surface area contributed by atoms with Crippen molar-refractivity contribution in [1.82, 2.24) is 15.5 Å². The third-order valence-electron chi connectivity index (χ3n) is 4.01. The predicted octanol–water partition coefficient (Wildman–Crippen LogP) is 1.45. The summed E-state index contributed by atoms with van der Waals surface area (Å²) in [5.41, 5.74) is 0.935. The molecule has 1 aliphatic rings. The SMILES string of the molecule is CN(C)[C@]1(c2ccccc2)CCNC(=O)NC(=O)CC1. The molecule has 0 bridgehead atoms. The summed E-state index contributed by atoms with van der Waals surface area (Å²) in [6.45, 7) is 0.534. The van der Waals surface area contributed by atoms with E-state index in [1.165, 1.54) is 5.56 Å². The van der Waals surface area contributed by atoms with Gasteiger partial charge >= 0.3 is 6.03 Å². The van der Waals surface area contributed by atoms with Gasteiger partial charge in [0, 0.05) is 18.5 Å². The molecule has 3 amide bonds. The Labute approximate surface area is 119 Å². The molecule has 5 heteroatoms. The van der Waals surface area contributed by atoms with Gasteiger partial charge in [-0.25, -0.2) is 4.79 Å². The number of benzene rings is 1. The quantitative estimate of drug-likeness (QED) is 0.859. The van der Waals surface area contributed by atoms with Gasteiger partial charge in [0.25, 0.3) is 0 Å². The van der Waals surface area contributed by atoms with Crippen LogP contribution in [0.2, 0.25) is 0 Å². The molecule has 2 rings (SSSR count). The highest BCUT2D eigenvalue weighted by Crippen LogP contribution is 2.35. The van der Waals surface area contributed by atoms with Crippen molar-refractivity contribution in [2.45, 2.75) is 24.8 Å². The van der Waals surface area contributed by atoms with E-state index in [2.05, 4.69) is 27.7 Å². The first-order valence-electron chi connectivity index (χ1n) is 6.85. The van der Waals surface area contributed by atoms with Crippen molar-refractivity contribution < 1.29 is 9.59 Å². The van der Waals surface area contributed by atoms with E-state index in [0.717, 1.165) is 6.42 Å². The molecule has 1 aliphatic heterocycles. The van der Waals surface area contributed by atoms with Gasteiger partial charge in [0.1, 0.15) is 0 Å². The Hall–Kier alpha value is -1.88. The Kier molecular flexibility index (Phi) is 4.39. The number of nitrogens with one attached hydrogen (secondary N) is 2. The molecule has 20 heavy (non-hydrogen) atoms. The van der Waals surface area contributed by atoms with E-state index in [0.29, 0.717) is 19.4 Å². The number of amides is 3. The van der Waals surface area contributed by atoms with Gasteiger partial charge in [0.15, 0.2) is 0 Å². The maximum atomic E-state index is 11.8. The van der Waals surface area contributed by atoms with Crippen LogP contribution in [0.1, 0.15) is 24.8 Å². The summed E-state index contributed by atoms with van der Waals surface area (Å²) >= 11 is 0. The lowest BCUT2D eigenvalue weighted by atomic mass is 9.81. The first-order chi connectivity index (χ1) is 9.54. The molecular weight excluding hydrogens is 254 g/mol. The minimum Gasteiger partial charge on any atom is -0.338 e. The maximum absolute atomic E-state index is 11.8. The Balaban J connectivity index is 2.34. The number of hydrogen-bond donors (Lipinski definition) is 2. The summed E-state index contributed by atoms with van der Waals surface area (Å²) in [5.74, 6) is -0.230. The molecule has 1 atom stereocenters. The molecule has 1 saturated heterocycles. The second kappa shape index (κ2) is 6.05. The fraction of sp³-hybridized carbons (Fsp3) is 0.467. The first-order valence-corrected chi connectivity index (χ1v) is 6.85. The summed E-state index contributed by atoms with van der Waals surface area (Å²) in [5, 5.41) is 5.08. The molecule has 5 nitrogen and oxygen atoms in total. The van der Waals surface area contributed by atoms with Crippen LogP contribution < -0.4 is 10.6 Å². The fourth-order valence-electron chi connectivity index (χ4n) is 2.80. The van der Waals surface area contributed by atoms with Gasteiger partial charge < -0.3 is 5.32 Å². The molecule has 0 radical (unpaired) electrons. The molecule has 1 aromatic carbocycles. The molecule has 108 valence electrons. The second-order valence-corrected chi connectivity index (χ2v) is 5.35. The Morgan fingerprint density at radius 1 is 1.10 bits per heavy atom. The van der Waals surface area contributed by atoms with Gasteiger partial charge in [-0.1, -0.05) is 30.3 Å². The smallest absolute Gasteiger partial charge is 0.321 e. The first kappa shape index (κ1) is 14.5. The molecule has 1 fully saturated rings. The molecule has 0 saturated carbocycles. The second-order valence-electron chi connectivity index (χ2n) is 5.35. The minimum atomic E-state index is -0.405. The molecule has 0 spiro atoms. The van der Waals surface area contributed by atoms with Crippen molar-refractivity contribution >= 4 is 11.9 Å². The number of carbonyl (C=O) groups is 2. The molecule has 0 unspecified atom stereocenters. The molecule has 0 aromatic heterocycles. The van der Waals surface area contributed by atoms with E-state index >= 15 is 0 Å². The Morgan fingerprint density at radius 3 is 2.45 bits per heavy atom. The maximum Gasteiger partial charge on any atom is 0.321 e. The molecule has 1 heterocycles. The van der Waals surface area contributed by atoms with E-state index in [9.17, 15) is 9.59 Å². The number of carbonyl (C=O) groups excluding carboxylic acids is 2. The lowest BCUT2D eigenvalue weighted by Gasteiger charge is -2.40. The van der Waals surface area contributed by atoms with Crippen LogP contribution in [0.4, 0.5) is 4.79 Å². The highest BCUT2D eigenvalue weighted by molar-refractivity contribution is 5.94. The monoisotopic (exact) mass is 275 g/mol. The van der Waals surface area contributed by atoms with Crippen molar-refractivity contribution in [1.29, 1.82) is 0 Å². The average Bonchev–Trinajstić information content (AvgIpc) is 2.49. The lowest BCUT2D eigenvalue weighted by molar-refractivity contribution is -0.120. The van der Waals surface area contributed by atoms with Crippen LogP contribution in [0.25, 0.3) is 0 Å². The van der Waals surface area contributed by atoms with E-state index in [-0.39, 0.29) is 11.4 Å². The van der Waals surface area contributed by atoms with Gasteiger partial charge in [-0.2, -0.15) is 0 Å². The van der Waals surface area contributed by atoms with Crippen LogP contribution in [0.3, 0.4) is 0 Å². The van der Waals surface area contributed by atoms with Gasteiger partial charge in [-0.15, -0.1) is 0 Å². The lowest BCUT2D eigenvalue weighted by Crippen LogP contribution is -2.44. The molecule has 0 aliphatic carbocycles. The zero-order valence-electron chi connectivity index (χ0n) is 12.0. The van der Waals surface area contributed by atoms with E-state index in [1.54, 1.807) is 0 Å². The predicted molar refractivity (Wildman–Crippen MR) is 77.2 cm³/mol. The zero-order valence-corrected chi connectivity index (χ0v) is 12.0. The van der Waals surface area contributed by atoms with Gasteiger partial charge in [-0.3, -0.25) is 15.0 Å². The number of imide groups is 1. The fourth-order valence-corrected chi connectivity index (χ4v) is 2.80. The van der Waals surface area contributed by atoms with Crippen molar-refractivity contribution in [2.75, 3.05) is 20.6 Å². The number of hydrogen-bond acceptors (Lipinski definition) is 3. The van der Waals surface area contributed by atoms with Crippen molar-refractivity contribution in [3.05, 3.63) is 35.9 Å². The van der Waals surface area contributed by atoms with Crippen LogP contribution in [0, 0.1) is 0 Å². The van der Waals surface area contributed by atoms with E-state index < -0.39 is 6.03 Å². The normalized spacial score (nSPS) is 24.4. The number of nitrogens with zero attached hydrogens (tertiary/aromatic N) is 1. The van der Waals surface area contributed by atoms with Crippen LogP contribution in [-0.4, -0.2) is 37.5 Å². The van der Waals surface area contributed by atoms with Crippen molar-refractivity contribution in [2.24, 2.45) is 0 Å². The summed E-state index contributed by atoms with van der Waals surface area (Å²) < 4.78 is 0. The van der Waals surface area contributed by atoms with Crippen molar-refractivity contribution in [3.8, 4) is 0 Å². The minimum absolute atomic E-state index is 0.230. The van der Waals surface area contributed by atoms with Crippen molar-refractivity contribution in [3.63, 3.8) is 0 Å². The van der Waals surface area contributed by atoms with Gasteiger partial charge in [0.2, 0.25) is 5.91 Å². The van der Waals surface area contributed by atoms with E-state index in [1.807, 2.05) is 32.3 Å². The van der Waals surface area contributed by atoms with Crippen LogP contribution >= 0.6 is 0 Å². The summed E-state index contributed by atoms with van der Waals surface area (Å²) in [7, 11) is 4.04. The summed E-state index contributed by atoms with van der Waals surface area (Å²) in [6.07, 6.45) is 1.79. The number of rotatable bonds is 2. The average molecular weight is 275 g/mol.